The number of carbonyl (C=O) groups is 1. The fourth-order valence-corrected chi connectivity index (χ4v) is 12.8. The number of rotatable bonds is 17. The number of nitriles is 1. The lowest BCUT2D eigenvalue weighted by atomic mass is 9.99. The molecular formula is C53H62ClN13O5S. The number of aryl methyl sites for hydroxylation is 1. The van der Waals surface area contributed by atoms with Crippen molar-refractivity contribution in [3.05, 3.63) is 112 Å². The number of ether oxygens (including phenoxy) is 2. The highest BCUT2D eigenvalue weighted by atomic mass is 35.5. The number of fused-ring (bicyclic) bond motifs is 3. The third-order valence-electron chi connectivity index (χ3n) is 14.9. The SMILES string of the molecule is C=C(COC(=O)C[C@@H]1CCCCN1c1cc(NCc2cccnc2)n2ncc(CC)c2n1)S(=O)(=O)C1CC[C@@H](COc2nc3c(c(N4CCN[C@@H](CC#N)C4)n2)CCN(c2cccc4cccc(Cl)c24)C3)N1C. The van der Waals surface area contributed by atoms with Crippen LogP contribution >= 0.6 is 11.6 Å². The summed E-state index contributed by atoms with van der Waals surface area (Å²) in [5.74, 6) is 1.82. The first-order valence-electron chi connectivity index (χ1n) is 25.3. The van der Waals surface area contributed by atoms with E-state index in [-0.39, 0.29) is 42.1 Å². The maximum atomic E-state index is 14.1. The molecule has 10 rings (SSSR count). The molecular weight excluding hydrogens is 966 g/mol. The van der Waals surface area contributed by atoms with Gasteiger partial charge in [-0.25, -0.2) is 13.4 Å². The van der Waals surface area contributed by atoms with Crippen molar-refractivity contribution in [3.8, 4) is 12.1 Å². The zero-order chi connectivity index (χ0) is 50.6. The summed E-state index contributed by atoms with van der Waals surface area (Å²) in [6.45, 7) is 10.3. The molecule has 6 aromatic rings. The Balaban J connectivity index is 0.788. The zero-order valence-electron chi connectivity index (χ0n) is 41.4. The van der Waals surface area contributed by atoms with E-state index in [0.29, 0.717) is 70.0 Å². The quantitative estimate of drug-likeness (QED) is 0.0897. The van der Waals surface area contributed by atoms with E-state index in [2.05, 4.69) is 73.2 Å². The third kappa shape index (κ3) is 10.6. The second-order valence-corrected chi connectivity index (χ2v) is 22.0. The number of anilines is 4. The topological polar surface area (TPSA) is 199 Å². The van der Waals surface area contributed by atoms with Crippen LogP contribution in [0.25, 0.3) is 16.4 Å². The molecule has 0 radical (unpaired) electrons. The van der Waals surface area contributed by atoms with Gasteiger partial charge in [-0.3, -0.25) is 14.7 Å². The van der Waals surface area contributed by atoms with Gasteiger partial charge in [0.25, 0.3) is 0 Å². The number of likely N-dealkylation sites (N-methyl/N-ethyl adjacent to an activating group) is 1. The lowest BCUT2D eigenvalue weighted by molar-refractivity contribution is -0.143. The highest BCUT2D eigenvalue weighted by Crippen LogP contribution is 2.38. The summed E-state index contributed by atoms with van der Waals surface area (Å²) in [7, 11) is -2.18. The number of hydrogen-bond donors (Lipinski definition) is 2. The summed E-state index contributed by atoms with van der Waals surface area (Å²) in [6.07, 6.45) is 10.9. The molecule has 20 heteroatoms. The summed E-state index contributed by atoms with van der Waals surface area (Å²) >= 11 is 6.79. The van der Waals surface area contributed by atoms with Gasteiger partial charge in [0, 0.05) is 98.1 Å². The largest absolute Gasteiger partial charge is 0.462 e. The Morgan fingerprint density at radius 1 is 1.01 bits per heavy atom. The van der Waals surface area contributed by atoms with Crippen molar-refractivity contribution >= 4 is 67.0 Å². The van der Waals surface area contributed by atoms with Gasteiger partial charge in [0.05, 0.1) is 47.3 Å². The van der Waals surface area contributed by atoms with Gasteiger partial charge in [0.1, 0.15) is 36.0 Å². The van der Waals surface area contributed by atoms with Crippen LogP contribution in [-0.4, -0.2) is 125 Å². The maximum Gasteiger partial charge on any atom is 0.318 e. The molecule has 8 heterocycles. The Morgan fingerprint density at radius 3 is 2.70 bits per heavy atom. The summed E-state index contributed by atoms with van der Waals surface area (Å²) in [6, 6.07) is 20.1. The number of likely N-dealkylation sites (tertiary alicyclic amines) is 1. The van der Waals surface area contributed by atoms with Crippen LogP contribution in [0.4, 0.5) is 23.1 Å². The summed E-state index contributed by atoms with van der Waals surface area (Å²) in [5, 5.41) is 23.0. The smallest absolute Gasteiger partial charge is 0.318 e. The monoisotopic (exact) mass is 1030 g/mol. The lowest BCUT2D eigenvalue weighted by Crippen LogP contribution is -2.51. The minimum absolute atomic E-state index is 0.000532. The number of piperazine rings is 1. The molecule has 0 spiro atoms. The van der Waals surface area contributed by atoms with Gasteiger partial charge in [-0.15, -0.1) is 0 Å². The number of sulfone groups is 1. The molecule has 0 aliphatic carbocycles. The molecule has 3 saturated heterocycles. The molecule has 1 unspecified atom stereocenters. The second-order valence-electron chi connectivity index (χ2n) is 19.4. The van der Waals surface area contributed by atoms with E-state index in [0.717, 1.165) is 94.2 Å². The molecule has 4 aliphatic rings. The molecule has 4 atom stereocenters. The van der Waals surface area contributed by atoms with Crippen LogP contribution in [0.3, 0.4) is 0 Å². The predicted octanol–water partition coefficient (Wildman–Crippen LogP) is 6.87. The van der Waals surface area contributed by atoms with Crippen LogP contribution in [0, 0.1) is 11.3 Å². The molecule has 4 aliphatic heterocycles. The van der Waals surface area contributed by atoms with Gasteiger partial charge < -0.3 is 34.8 Å². The van der Waals surface area contributed by atoms with Crippen molar-refractivity contribution in [1.29, 1.82) is 5.26 Å². The van der Waals surface area contributed by atoms with E-state index < -0.39 is 27.8 Å². The number of pyridine rings is 1. The van der Waals surface area contributed by atoms with Crippen LogP contribution < -0.4 is 30.1 Å². The number of esters is 1. The summed E-state index contributed by atoms with van der Waals surface area (Å²) in [4.78, 5) is 41.3. The van der Waals surface area contributed by atoms with Crippen molar-refractivity contribution in [3.63, 3.8) is 0 Å². The van der Waals surface area contributed by atoms with Gasteiger partial charge in [-0.1, -0.05) is 55.4 Å². The maximum absolute atomic E-state index is 14.1. The van der Waals surface area contributed by atoms with Crippen molar-refractivity contribution in [2.75, 3.05) is 73.0 Å². The van der Waals surface area contributed by atoms with E-state index >= 15 is 0 Å². The van der Waals surface area contributed by atoms with Crippen molar-refractivity contribution in [2.24, 2.45) is 0 Å². The van der Waals surface area contributed by atoms with Gasteiger partial charge in [0.15, 0.2) is 15.5 Å². The standard InChI is InChI=1S/C53H62ClN13O5S/c1-4-37-30-59-67-46(58-29-36-10-9-21-56-28-36)27-47(61-51(37)67)66-23-6-5-13-40(66)26-49(68)71-33-35(2)73(69,70)48-17-16-41(63(48)3)34-72-53-60-44-32-64(45-15-8-12-38-11-7-14-43(54)50(38)45)24-19-42(44)52(62-53)65-25-22-57-39(31-65)18-20-55/h7-12,14-15,21,27-28,30,39-41,48,57-58H,2,4-6,13,16-19,22-26,29,31-34H2,1,3H3/t39-,40-,41-,48?/m0/s1. The van der Waals surface area contributed by atoms with Crippen LogP contribution in [0.1, 0.15) is 74.3 Å². The first-order chi connectivity index (χ1) is 35.5. The minimum Gasteiger partial charge on any atom is -0.462 e. The number of nitrogens with zero attached hydrogens (tertiary/aromatic N) is 11. The number of halogens is 1. The molecule has 73 heavy (non-hydrogen) atoms. The van der Waals surface area contributed by atoms with Crippen LogP contribution in [-0.2, 0) is 45.3 Å². The lowest BCUT2D eigenvalue weighted by Gasteiger charge is -2.37. The number of carbonyl (C=O) groups excluding carboxylic acids is 1. The molecule has 0 saturated carbocycles. The highest BCUT2D eigenvalue weighted by Gasteiger charge is 2.41. The van der Waals surface area contributed by atoms with E-state index in [1.165, 1.54) is 0 Å². The number of nitrogens with one attached hydrogen (secondary N) is 2. The Labute approximate surface area is 431 Å². The molecule has 18 nitrogen and oxygen atoms in total. The van der Waals surface area contributed by atoms with Gasteiger partial charge in [0.2, 0.25) is 0 Å². The van der Waals surface area contributed by atoms with Crippen molar-refractivity contribution in [2.45, 2.75) is 101 Å². The molecule has 3 fully saturated rings. The fourth-order valence-electron chi connectivity index (χ4n) is 10.9. The van der Waals surface area contributed by atoms with E-state index in [1.54, 1.807) is 13.2 Å². The predicted molar refractivity (Wildman–Crippen MR) is 283 cm³/mol. The number of piperidine rings is 1. The van der Waals surface area contributed by atoms with Gasteiger partial charge >= 0.3 is 12.0 Å². The number of aromatic nitrogens is 6. The third-order valence-corrected chi connectivity index (χ3v) is 17.4. The van der Waals surface area contributed by atoms with E-state index in [1.807, 2.05) is 58.2 Å². The Hall–Kier alpha value is -6.59. The van der Waals surface area contributed by atoms with E-state index in [4.69, 9.17) is 36.0 Å². The first-order valence-corrected chi connectivity index (χ1v) is 27.3. The normalized spacial score (nSPS) is 20.5. The molecule has 2 N–H and O–H groups in total. The summed E-state index contributed by atoms with van der Waals surface area (Å²) in [5.41, 5.74) is 5.73. The molecule has 4 aromatic heterocycles. The first kappa shape index (κ1) is 50.0. The molecule has 0 amide bonds. The average Bonchev–Trinajstić information content (AvgIpc) is 4.01. The Morgan fingerprint density at radius 2 is 1.88 bits per heavy atom. The zero-order valence-corrected chi connectivity index (χ0v) is 43.0. The van der Waals surface area contributed by atoms with Crippen molar-refractivity contribution < 1.29 is 22.7 Å². The molecule has 0 bridgehead atoms. The average molecular weight is 1030 g/mol. The van der Waals surface area contributed by atoms with E-state index in [9.17, 15) is 18.5 Å². The van der Waals surface area contributed by atoms with Crippen LogP contribution in [0.2, 0.25) is 5.02 Å². The minimum atomic E-state index is -3.96. The fraction of sp³-hybridized carbons (Fsp3) is 0.453. The van der Waals surface area contributed by atoms with Crippen molar-refractivity contribution in [1.82, 2.24) is 39.8 Å². The Kier molecular flexibility index (Phi) is 15.0. The molecule has 382 valence electrons. The van der Waals surface area contributed by atoms with Gasteiger partial charge in [-0.05, 0) is 81.1 Å². The number of hydrogen-bond acceptors (Lipinski definition) is 17. The second kappa shape index (κ2) is 21.9. The summed E-state index contributed by atoms with van der Waals surface area (Å²) < 4.78 is 42.3. The number of benzene rings is 2. The van der Waals surface area contributed by atoms with Crippen LogP contribution in [0.15, 0.2) is 84.7 Å². The molecule has 2 aromatic carbocycles. The Bertz CT molecular complexity index is 3150. The van der Waals surface area contributed by atoms with Crippen LogP contribution in [0.5, 0.6) is 6.01 Å². The van der Waals surface area contributed by atoms with Gasteiger partial charge in [-0.2, -0.15) is 24.8 Å². The highest BCUT2D eigenvalue weighted by molar-refractivity contribution is 7.95.